The lowest BCUT2D eigenvalue weighted by Crippen LogP contribution is -2.46. The maximum absolute atomic E-state index is 13.6. The number of halogens is 1. The first kappa shape index (κ1) is 19.6. The summed E-state index contributed by atoms with van der Waals surface area (Å²) in [7, 11) is 0. The number of carbonyl (C=O) groups is 1. The molecule has 1 amide bonds. The third-order valence-corrected chi connectivity index (χ3v) is 6.03. The molecule has 2 aliphatic rings. The highest BCUT2D eigenvalue weighted by molar-refractivity contribution is 5.96. The zero-order valence-electron chi connectivity index (χ0n) is 17.2. The summed E-state index contributed by atoms with van der Waals surface area (Å²) in [5.41, 5.74) is 1.70. The monoisotopic (exact) mass is 422 g/mol. The Morgan fingerprint density at radius 2 is 2.00 bits per heavy atom. The highest BCUT2D eigenvalue weighted by atomic mass is 19.1. The average Bonchev–Trinajstić information content (AvgIpc) is 3.32. The van der Waals surface area contributed by atoms with Crippen molar-refractivity contribution in [2.45, 2.75) is 32.2 Å². The fourth-order valence-corrected chi connectivity index (χ4v) is 4.31. The van der Waals surface area contributed by atoms with Gasteiger partial charge in [-0.1, -0.05) is 0 Å². The summed E-state index contributed by atoms with van der Waals surface area (Å²) in [6.45, 7) is 3.00. The molecule has 1 aliphatic heterocycles. The normalized spacial score (nSPS) is 22.1. The van der Waals surface area contributed by atoms with Gasteiger partial charge in [0.15, 0.2) is 5.69 Å². The number of amides is 1. The molecule has 3 aromatic heterocycles. The van der Waals surface area contributed by atoms with Crippen LogP contribution in [0.5, 0.6) is 5.88 Å². The van der Waals surface area contributed by atoms with Crippen LogP contribution < -0.4 is 4.74 Å². The number of rotatable bonds is 6. The Balaban J connectivity index is 1.34. The number of fused-ring (bicyclic) bond motifs is 1. The lowest BCUT2D eigenvalue weighted by molar-refractivity contribution is 0.0559. The second-order valence-electron chi connectivity index (χ2n) is 8.19. The summed E-state index contributed by atoms with van der Waals surface area (Å²) in [6, 6.07) is 6.57. The van der Waals surface area contributed by atoms with Crippen molar-refractivity contribution < 1.29 is 13.9 Å². The van der Waals surface area contributed by atoms with Crippen LogP contribution in [-0.4, -0.2) is 55.0 Å². The number of nitrogens with zero attached hydrogens (tertiary/aromatic N) is 6. The quantitative estimate of drug-likeness (QED) is 0.607. The van der Waals surface area contributed by atoms with Gasteiger partial charge in [0, 0.05) is 30.8 Å². The van der Waals surface area contributed by atoms with Gasteiger partial charge in [-0.3, -0.25) is 4.79 Å². The van der Waals surface area contributed by atoms with Crippen LogP contribution in [0, 0.1) is 24.6 Å². The van der Waals surface area contributed by atoms with E-state index in [1.165, 1.54) is 16.9 Å². The van der Waals surface area contributed by atoms with Crippen molar-refractivity contribution in [1.82, 2.24) is 29.9 Å². The second-order valence-corrected chi connectivity index (χ2v) is 8.19. The van der Waals surface area contributed by atoms with Crippen LogP contribution in [0.1, 0.15) is 35.4 Å². The molecular formula is C22H23FN6O2. The van der Waals surface area contributed by atoms with Crippen molar-refractivity contribution in [2.24, 2.45) is 11.8 Å². The third-order valence-electron chi connectivity index (χ3n) is 6.03. The maximum atomic E-state index is 13.6. The number of likely N-dealkylation sites (tertiary alicyclic amines) is 1. The van der Waals surface area contributed by atoms with E-state index in [9.17, 15) is 9.18 Å². The molecule has 31 heavy (non-hydrogen) atoms. The number of piperidine rings is 1. The zero-order chi connectivity index (χ0) is 21.4. The Labute approximate surface area is 179 Å². The minimum atomic E-state index is -0.399. The first-order valence-corrected chi connectivity index (χ1v) is 10.5. The van der Waals surface area contributed by atoms with Crippen LogP contribution in [-0.2, 0) is 0 Å². The molecule has 5 rings (SSSR count). The maximum Gasteiger partial charge on any atom is 0.275 e. The van der Waals surface area contributed by atoms with E-state index < -0.39 is 5.82 Å². The van der Waals surface area contributed by atoms with Crippen molar-refractivity contribution in [1.29, 1.82) is 0 Å². The fourth-order valence-electron chi connectivity index (χ4n) is 4.31. The highest BCUT2D eigenvalue weighted by Crippen LogP contribution is 2.48. The predicted molar refractivity (Wildman–Crippen MR) is 109 cm³/mol. The average molecular weight is 422 g/mol. The van der Waals surface area contributed by atoms with E-state index in [0.717, 1.165) is 31.3 Å². The van der Waals surface area contributed by atoms with Crippen LogP contribution in [0.25, 0.3) is 5.69 Å². The summed E-state index contributed by atoms with van der Waals surface area (Å²) < 4.78 is 18.7. The van der Waals surface area contributed by atoms with E-state index in [1.807, 2.05) is 24.0 Å². The van der Waals surface area contributed by atoms with Gasteiger partial charge >= 0.3 is 0 Å². The van der Waals surface area contributed by atoms with Crippen molar-refractivity contribution in [3.63, 3.8) is 0 Å². The Kier molecular flexibility index (Phi) is 5.09. The summed E-state index contributed by atoms with van der Waals surface area (Å²) in [5, 5.41) is 8.35. The molecule has 0 bridgehead atoms. The van der Waals surface area contributed by atoms with Gasteiger partial charge < -0.3 is 9.64 Å². The highest BCUT2D eigenvalue weighted by Gasteiger charge is 2.47. The minimum Gasteiger partial charge on any atom is -0.478 e. The van der Waals surface area contributed by atoms with Crippen LogP contribution in [0.4, 0.5) is 4.39 Å². The molecule has 0 N–H and O–H groups in total. The standard InChI is InChI=1S/C22H23FN6O2/c1-14-2-4-19(29-25-7-8-26-29)21(27-14)22(30)28-13-16-10-15(16)11-18(28)6-9-31-20-5-3-17(23)12-24-20/h2-5,7-8,12,15-16,18H,6,9-11,13H2,1H3/t15-,16+,18+/m0/s1. The molecule has 160 valence electrons. The molecule has 3 aromatic rings. The van der Waals surface area contributed by atoms with Gasteiger partial charge in [0.05, 0.1) is 25.2 Å². The Morgan fingerprint density at radius 3 is 2.77 bits per heavy atom. The molecule has 9 heteroatoms. The van der Waals surface area contributed by atoms with E-state index in [1.54, 1.807) is 12.4 Å². The number of hydrogen-bond donors (Lipinski definition) is 0. The number of aromatic nitrogens is 5. The van der Waals surface area contributed by atoms with E-state index in [2.05, 4.69) is 20.2 Å². The molecule has 8 nitrogen and oxygen atoms in total. The van der Waals surface area contributed by atoms with Crippen molar-refractivity contribution >= 4 is 5.91 Å². The van der Waals surface area contributed by atoms with Gasteiger partial charge in [0.1, 0.15) is 11.5 Å². The van der Waals surface area contributed by atoms with Gasteiger partial charge in [-0.2, -0.15) is 10.2 Å². The summed E-state index contributed by atoms with van der Waals surface area (Å²) in [4.78, 5) is 25.5. The zero-order valence-corrected chi connectivity index (χ0v) is 17.2. The van der Waals surface area contributed by atoms with E-state index in [-0.39, 0.29) is 11.9 Å². The lowest BCUT2D eigenvalue weighted by atomic mass is 9.98. The fraction of sp³-hybridized carbons (Fsp3) is 0.409. The van der Waals surface area contributed by atoms with E-state index in [0.29, 0.717) is 42.1 Å². The third kappa shape index (κ3) is 4.12. The van der Waals surface area contributed by atoms with E-state index in [4.69, 9.17) is 4.74 Å². The Bertz CT molecular complexity index is 1070. The van der Waals surface area contributed by atoms with Crippen molar-refractivity contribution in [2.75, 3.05) is 13.2 Å². The summed E-state index contributed by atoms with van der Waals surface area (Å²) >= 11 is 0. The number of aryl methyl sites for hydroxylation is 1. The second kappa shape index (κ2) is 8.05. The molecule has 4 heterocycles. The molecule has 0 aromatic carbocycles. The van der Waals surface area contributed by atoms with Gasteiger partial charge in [-0.15, -0.1) is 4.80 Å². The minimum absolute atomic E-state index is 0.0532. The molecule has 0 unspecified atom stereocenters. The van der Waals surface area contributed by atoms with Crippen LogP contribution in [0.3, 0.4) is 0 Å². The van der Waals surface area contributed by atoms with Gasteiger partial charge in [0.2, 0.25) is 5.88 Å². The lowest BCUT2D eigenvalue weighted by Gasteiger charge is -2.35. The summed E-state index contributed by atoms with van der Waals surface area (Å²) in [6.07, 6.45) is 7.08. The number of ether oxygens (including phenoxy) is 1. The largest absolute Gasteiger partial charge is 0.478 e. The van der Waals surface area contributed by atoms with Crippen LogP contribution in [0.2, 0.25) is 0 Å². The molecule has 1 aliphatic carbocycles. The van der Waals surface area contributed by atoms with Gasteiger partial charge in [-0.05, 0) is 49.8 Å². The van der Waals surface area contributed by atoms with Crippen molar-refractivity contribution in [3.05, 3.63) is 60.1 Å². The first-order valence-electron chi connectivity index (χ1n) is 10.5. The molecule has 1 saturated carbocycles. The SMILES string of the molecule is Cc1ccc(-n2nccn2)c(C(=O)N2C[C@H]3C[C@H]3C[C@H]2CCOc2ccc(F)cn2)n1. The topological polar surface area (TPSA) is 86.0 Å². The number of pyridine rings is 2. The number of hydrogen-bond acceptors (Lipinski definition) is 6. The first-order chi connectivity index (χ1) is 15.1. The Morgan fingerprint density at radius 1 is 1.16 bits per heavy atom. The predicted octanol–water partition coefficient (Wildman–Crippen LogP) is 2.82. The number of carbonyl (C=O) groups excluding carboxylic acids is 1. The molecule has 2 fully saturated rings. The summed E-state index contributed by atoms with van der Waals surface area (Å²) in [5.74, 6) is 1.12. The van der Waals surface area contributed by atoms with Crippen molar-refractivity contribution in [3.8, 4) is 11.6 Å². The van der Waals surface area contributed by atoms with Crippen LogP contribution >= 0.6 is 0 Å². The van der Waals surface area contributed by atoms with Crippen LogP contribution in [0.15, 0.2) is 42.9 Å². The molecule has 1 saturated heterocycles. The molecule has 0 spiro atoms. The van der Waals surface area contributed by atoms with Gasteiger partial charge in [0.25, 0.3) is 5.91 Å². The van der Waals surface area contributed by atoms with Gasteiger partial charge in [-0.25, -0.2) is 14.4 Å². The molecule has 0 radical (unpaired) electrons. The Hall–Kier alpha value is -3.36. The smallest absolute Gasteiger partial charge is 0.275 e. The molecule has 3 atom stereocenters. The molecular weight excluding hydrogens is 399 g/mol. The van der Waals surface area contributed by atoms with E-state index >= 15 is 0 Å².